The lowest BCUT2D eigenvalue weighted by molar-refractivity contribution is 0.174. The molecule has 4 rings (SSSR count). The van der Waals surface area contributed by atoms with Gasteiger partial charge >= 0.3 is 0 Å². The Kier molecular flexibility index (Phi) is 4.04. The van der Waals surface area contributed by atoms with Crippen LogP contribution in [-0.2, 0) is 6.54 Å². The van der Waals surface area contributed by atoms with Crippen molar-refractivity contribution in [2.45, 2.75) is 13.5 Å². The lowest BCUT2D eigenvalue weighted by Gasteiger charge is -2.09. The van der Waals surface area contributed by atoms with E-state index in [1.54, 1.807) is 6.20 Å². The molecule has 0 aliphatic carbocycles. The maximum Gasteiger partial charge on any atom is 0.249 e. The van der Waals surface area contributed by atoms with Crippen LogP contribution in [0.15, 0.2) is 48.7 Å². The molecule has 2 aromatic carbocycles. The molecule has 1 aromatic heterocycles. The van der Waals surface area contributed by atoms with Crippen LogP contribution in [0.4, 0.5) is 17.5 Å². The molecule has 1 aliphatic heterocycles. The number of hydrogen-bond acceptors (Lipinski definition) is 7. The van der Waals surface area contributed by atoms with Gasteiger partial charge < -0.3 is 20.1 Å². The molecule has 2 heterocycles. The van der Waals surface area contributed by atoms with Crippen molar-refractivity contribution in [2.24, 2.45) is 0 Å². The molecule has 0 fully saturated rings. The van der Waals surface area contributed by atoms with Crippen molar-refractivity contribution in [3.8, 4) is 11.5 Å². The van der Waals surface area contributed by atoms with Gasteiger partial charge in [0.2, 0.25) is 12.7 Å². The number of aromatic nitrogens is 3. The summed E-state index contributed by atoms with van der Waals surface area (Å²) in [5.74, 6) is 2.50. The van der Waals surface area contributed by atoms with E-state index in [1.807, 2.05) is 30.3 Å². The molecular weight excluding hydrogens is 318 g/mol. The van der Waals surface area contributed by atoms with Crippen LogP contribution < -0.4 is 20.1 Å². The van der Waals surface area contributed by atoms with E-state index in [4.69, 9.17) is 9.47 Å². The molecule has 0 atom stereocenters. The summed E-state index contributed by atoms with van der Waals surface area (Å²) in [6.45, 7) is 3.01. The minimum Gasteiger partial charge on any atom is -0.454 e. The summed E-state index contributed by atoms with van der Waals surface area (Å²) in [4.78, 5) is 4.44. The highest BCUT2D eigenvalue weighted by molar-refractivity contribution is 5.60. The first-order chi connectivity index (χ1) is 12.3. The first-order valence-electron chi connectivity index (χ1n) is 7.93. The van der Waals surface area contributed by atoms with Gasteiger partial charge in [-0.15, -0.1) is 5.10 Å². The second kappa shape index (κ2) is 6.64. The van der Waals surface area contributed by atoms with E-state index in [1.165, 1.54) is 11.1 Å². The van der Waals surface area contributed by atoms with Crippen molar-refractivity contribution >= 4 is 17.5 Å². The van der Waals surface area contributed by atoms with E-state index in [0.29, 0.717) is 24.1 Å². The Hall–Kier alpha value is -3.35. The van der Waals surface area contributed by atoms with E-state index in [2.05, 4.69) is 44.9 Å². The highest BCUT2D eigenvalue weighted by Gasteiger charge is 2.13. The van der Waals surface area contributed by atoms with Crippen molar-refractivity contribution in [2.75, 3.05) is 17.4 Å². The average Bonchev–Trinajstić information content (AvgIpc) is 3.09. The molecule has 25 heavy (non-hydrogen) atoms. The summed E-state index contributed by atoms with van der Waals surface area (Å²) in [5.41, 5.74) is 3.25. The number of aryl methyl sites for hydroxylation is 1. The molecule has 0 saturated carbocycles. The third-order valence-corrected chi connectivity index (χ3v) is 3.91. The second-order valence-electron chi connectivity index (χ2n) is 5.64. The summed E-state index contributed by atoms with van der Waals surface area (Å²) < 4.78 is 10.7. The molecule has 2 N–H and O–H groups in total. The zero-order valence-electron chi connectivity index (χ0n) is 13.7. The van der Waals surface area contributed by atoms with E-state index in [-0.39, 0.29) is 6.79 Å². The topological polar surface area (TPSA) is 81.2 Å². The number of anilines is 3. The quantitative estimate of drug-likeness (QED) is 0.740. The van der Waals surface area contributed by atoms with E-state index < -0.39 is 0 Å². The summed E-state index contributed by atoms with van der Waals surface area (Å²) in [7, 11) is 0. The molecule has 0 radical (unpaired) electrons. The Morgan fingerprint density at radius 3 is 2.88 bits per heavy atom. The van der Waals surface area contributed by atoms with Crippen LogP contribution in [0.5, 0.6) is 11.5 Å². The summed E-state index contributed by atoms with van der Waals surface area (Å²) in [6, 6.07) is 13.8. The molecule has 0 bridgehead atoms. The fraction of sp³-hybridized carbons (Fsp3) is 0.167. The highest BCUT2D eigenvalue weighted by Crippen LogP contribution is 2.34. The van der Waals surface area contributed by atoms with Crippen LogP contribution in [0.2, 0.25) is 0 Å². The molecule has 0 unspecified atom stereocenters. The van der Waals surface area contributed by atoms with Gasteiger partial charge in [-0.1, -0.05) is 24.3 Å². The second-order valence-corrected chi connectivity index (χ2v) is 5.64. The van der Waals surface area contributed by atoms with Gasteiger partial charge in [0.1, 0.15) is 0 Å². The molecule has 0 spiro atoms. The fourth-order valence-electron chi connectivity index (χ4n) is 2.54. The monoisotopic (exact) mass is 335 g/mol. The zero-order valence-corrected chi connectivity index (χ0v) is 13.7. The van der Waals surface area contributed by atoms with Gasteiger partial charge in [0, 0.05) is 18.3 Å². The van der Waals surface area contributed by atoms with Crippen LogP contribution >= 0.6 is 0 Å². The third kappa shape index (κ3) is 3.45. The molecule has 0 saturated heterocycles. The maximum atomic E-state index is 5.37. The van der Waals surface area contributed by atoms with Crippen molar-refractivity contribution in [1.82, 2.24) is 15.2 Å². The first kappa shape index (κ1) is 15.2. The molecule has 7 heteroatoms. The fourth-order valence-corrected chi connectivity index (χ4v) is 2.54. The van der Waals surface area contributed by atoms with Crippen molar-refractivity contribution in [1.29, 1.82) is 0 Å². The Balaban J connectivity index is 1.45. The normalized spacial score (nSPS) is 12.0. The van der Waals surface area contributed by atoms with E-state index in [0.717, 1.165) is 11.4 Å². The predicted octanol–water partition coefficient (Wildman–Crippen LogP) is 3.26. The van der Waals surface area contributed by atoms with Crippen molar-refractivity contribution < 1.29 is 9.47 Å². The number of benzene rings is 2. The van der Waals surface area contributed by atoms with Crippen molar-refractivity contribution in [3.05, 3.63) is 59.8 Å². The Morgan fingerprint density at radius 2 is 1.96 bits per heavy atom. The standard InChI is InChI=1S/C18H17N5O2/c1-12-4-2-3-5-13(12)9-19-17-10-20-23-18(22-17)21-14-6-7-15-16(8-14)25-11-24-15/h2-8,10H,9,11H2,1H3,(H2,19,21,22,23). The largest absolute Gasteiger partial charge is 0.454 e. The minimum atomic E-state index is 0.245. The molecule has 3 aromatic rings. The zero-order chi connectivity index (χ0) is 17.1. The van der Waals surface area contributed by atoms with Gasteiger partial charge in [0.15, 0.2) is 17.3 Å². The number of nitrogens with one attached hydrogen (secondary N) is 2. The highest BCUT2D eigenvalue weighted by atomic mass is 16.7. The van der Waals surface area contributed by atoms with Crippen LogP contribution in [0.1, 0.15) is 11.1 Å². The summed E-state index contributed by atoms with van der Waals surface area (Å²) in [6.07, 6.45) is 1.60. The molecular formula is C18H17N5O2. The first-order valence-corrected chi connectivity index (χ1v) is 7.93. The van der Waals surface area contributed by atoms with Crippen LogP contribution in [0, 0.1) is 6.92 Å². The van der Waals surface area contributed by atoms with E-state index in [9.17, 15) is 0 Å². The summed E-state index contributed by atoms with van der Waals surface area (Å²) >= 11 is 0. The van der Waals surface area contributed by atoms with Crippen LogP contribution in [-0.4, -0.2) is 22.0 Å². The lowest BCUT2D eigenvalue weighted by atomic mass is 10.1. The number of fused-ring (bicyclic) bond motifs is 1. The Bertz CT molecular complexity index is 900. The van der Waals surface area contributed by atoms with Gasteiger partial charge in [-0.3, -0.25) is 0 Å². The van der Waals surface area contributed by atoms with Gasteiger partial charge in [-0.05, 0) is 30.2 Å². The summed E-state index contributed by atoms with van der Waals surface area (Å²) in [5, 5.41) is 14.4. The smallest absolute Gasteiger partial charge is 0.249 e. The lowest BCUT2D eigenvalue weighted by Crippen LogP contribution is -2.06. The predicted molar refractivity (Wildman–Crippen MR) is 94.2 cm³/mol. The molecule has 0 amide bonds. The van der Waals surface area contributed by atoms with Crippen LogP contribution in [0.25, 0.3) is 0 Å². The minimum absolute atomic E-state index is 0.245. The average molecular weight is 335 g/mol. The van der Waals surface area contributed by atoms with Gasteiger partial charge in [0.25, 0.3) is 0 Å². The van der Waals surface area contributed by atoms with Gasteiger partial charge in [0.05, 0.1) is 6.20 Å². The Labute approximate surface area is 145 Å². The molecule has 1 aliphatic rings. The van der Waals surface area contributed by atoms with Crippen molar-refractivity contribution in [3.63, 3.8) is 0 Å². The number of hydrogen-bond donors (Lipinski definition) is 2. The maximum absolute atomic E-state index is 5.37. The van der Waals surface area contributed by atoms with Gasteiger partial charge in [-0.25, -0.2) is 0 Å². The number of ether oxygens (including phenoxy) is 2. The van der Waals surface area contributed by atoms with Crippen LogP contribution in [0.3, 0.4) is 0 Å². The molecule has 126 valence electrons. The third-order valence-electron chi connectivity index (χ3n) is 3.91. The SMILES string of the molecule is Cc1ccccc1CNc1cnnc(Nc2ccc3c(c2)OCO3)n1. The molecule has 7 nitrogen and oxygen atoms in total. The number of rotatable bonds is 5. The van der Waals surface area contributed by atoms with E-state index >= 15 is 0 Å². The van der Waals surface area contributed by atoms with Gasteiger partial charge in [-0.2, -0.15) is 10.1 Å². The number of nitrogens with zero attached hydrogens (tertiary/aromatic N) is 3. The Morgan fingerprint density at radius 1 is 1.08 bits per heavy atom.